The van der Waals surface area contributed by atoms with Crippen LogP contribution in [0.3, 0.4) is 0 Å². The van der Waals surface area contributed by atoms with Gasteiger partial charge in [0.15, 0.2) is 12.4 Å². The average molecular weight is 310 g/mol. The summed E-state index contributed by atoms with van der Waals surface area (Å²) in [6.07, 6.45) is -6.57. The van der Waals surface area contributed by atoms with E-state index < -0.39 is 40.6 Å². The lowest BCUT2D eigenvalue weighted by atomic mass is 10.1. The van der Waals surface area contributed by atoms with Crippen LogP contribution in [0.5, 0.6) is 0 Å². The van der Waals surface area contributed by atoms with Crippen LogP contribution >= 0.6 is 15.6 Å². The van der Waals surface area contributed by atoms with E-state index in [-0.39, 0.29) is 6.29 Å². The second-order valence-electron chi connectivity index (χ2n) is 3.01. The highest BCUT2D eigenvalue weighted by atomic mass is 31.2. The summed E-state index contributed by atoms with van der Waals surface area (Å²) in [6, 6.07) is 0. The molecule has 0 aliphatic heterocycles. The predicted octanol–water partition coefficient (Wildman–Crippen LogP) is -2.51. The van der Waals surface area contributed by atoms with Gasteiger partial charge in [0.2, 0.25) is 0 Å². The van der Waals surface area contributed by atoms with E-state index in [4.69, 9.17) is 29.8 Å². The third kappa shape index (κ3) is 7.29. The molecule has 0 aliphatic rings. The van der Waals surface area contributed by atoms with Crippen molar-refractivity contribution in [2.24, 2.45) is 0 Å². The van der Waals surface area contributed by atoms with Crippen molar-refractivity contribution in [2.75, 3.05) is 6.61 Å². The van der Waals surface area contributed by atoms with E-state index in [0.29, 0.717) is 0 Å². The number of phosphoric ester groups is 2. The van der Waals surface area contributed by atoms with E-state index in [1.165, 1.54) is 0 Å². The van der Waals surface area contributed by atoms with Crippen LogP contribution in [0.25, 0.3) is 0 Å². The molecule has 18 heavy (non-hydrogen) atoms. The zero-order chi connectivity index (χ0) is 14.6. The Hall–Kier alpha value is -0.190. The molecule has 0 heterocycles. The summed E-state index contributed by atoms with van der Waals surface area (Å²) in [5.74, 6) is 0. The molecule has 0 amide bonds. The zero-order valence-corrected chi connectivity index (χ0v) is 10.4. The molecule has 0 aromatic carbocycles. The molecular weight excluding hydrogens is 298 g/mol. The third-order valence-electron chi connectivity index (χ3n) is 1.54. The fraction of sp³-hybridized carbons (Fsp3) is 0.800. The Bertz CT molecular complexity index is 356. The van der Waals surface area contributed by atoms with Gasteiger partial charge in [0, 0.05) is 0 Å². The fourth-order valence-corrected chi connectivity index (χ4v) is 2.00. The van der Waals surface area contributed by atoms with E-state index in [1.54, 1.807) is 0 Å². The third-order valence-corrected chi connectivity index (χ3v) is 2.58. The smallest absolute Gasteiger partial charge is 0.394 e. The number of aliphatic hydroxyl groups excluding tert-OH is 2. The molecule has 0 unspecified atom stereocenters. The number of rotatable bonds is 8. The minimum Gasteiger partial charge on any atom is -0.394 e. The van der Waals surface area contributed by atoms with Gasteiger partial charge in [0.05, 0.1) is 6.61 Å². The second-order valence-corrected chi connectivity index (χ2v) is 5.39. The van der Waals surface area contributed by atoms with Crippen LogP contribution in [0.2, 0.25) is 0 Å². The highest BCUT2D eigenvalue weighted by Crippen LogP contribution is 2.43. The Morgan fingerprint density at radius 2 is 1.50 bits per heavy atom. The maximum Gasteiger partial charge on any atom is 0.470 e. The molecule has 108 valence electrons. The Morgan fingerprint density at radius 1 is 1.06 bits per heavy atom. The number of phosphoric acid groups is 2. The molecule has 0 fully saturated rings. The highest BCUT2D eigenvalue weighted by molar-refractivity contribution is 7.46. The highest BCUT2D eigenvalue weighted by Gasteiger charge is 2.38. The molecule has 0 spiro atoms. The molecule has 0 saturated heterocycles. The van der Waals surface area contributed by atoms with Crippen molar-refractivity contribution in [2.45, 2.75) is 18.3 Å². The van der Waals surface area contributed by atoms with E-state index >= 15 is 0 Å². The number of aliphatic hydroxyl groups is 2. The van der Waals surface area contributed by atoms with Crippen molar-refractivity contribution in [3.05, 3.63) is 0 Å². The Morgan fingerprint density at radius 3 is 1.78 bits per heavy atom. The van der Waals surface area contributed by atoms with Gasteiger partial charge in [-0.3, -0.25) is 9.05 Å². The lowest BCUT2D eigenvalue weighted by molar-refractivity contribution is -0.125. The number of hydrogen-bond donors (Lipinski definition) is 6. The predicted molar refractivity (Wildman–Crippen MR) is 53.0 cm³/mol. The summed E-state index contributed by atoms with van der Waals surface area (Å²) in [4.78, 5) is 44.5. The number of hydrogen-bond acceptors (Lipinski definition) is 7. The van der Waals surface area contributed by atoms with Crippen molar-refractivity contribution in [1.82, 2.24) is 0 Å². The molecule has 0 rings (SSSR count). The van der Waals surface area contributed by atoms with Crippen LogP contribution in [0.15, 0.2) is 0 Å². The Labute approximate surface area is 100 Å². The lowest BCUT2D eigenvalue weighted by Crippen LogP contribution is -2.43. The van der Waals surface area contributed by atoms with Crippen LogP contribution < -0.4 is 0 Å². The molecule has 0 radical (unpaired) electrons. The first-order valence-corrected chi connectivity index (χ1v) is 7.28. The van der Waals surface area contributed by atoms with Gasteiger partial charge in [-0.15, -0.1) is 0 Å². The minimum atomic E-state index is -5.18. The van der Waals surface area contributed by atoms with Crippen LogP contribution in [0.4, 0.5) is 0 Å². The molecule has 11 nitrogen and oxygen atoms in total. The number of aldehydes is 1. The molecule has 0 aromatic heterocycles. The van der Waals surface area contributed by atoms with Crippen molar-refractivity contribution in [3.63, 3.8) is 0 Å². The molecule has 0 saturated carbocycles. The monoisotopic (exact) mass is 310 g/mol. The molecule has 6 N–H and O–H groups in total. The standard InChI is InChI=1S/C5H12O11P2/c6-1-3(8)5(16-18(12,13)14)4(2-7)15-17(9,10)11/h2-6,8H,1H2,(H2,9,10,11)(H2,12,13,14)/t3-,4-,5+/m1/s1. The number of carbonyl (C=O) groups excluding carboxylic acids is 1. The van der Waals surface area contributed by atoms with Gasteiger partial charge >= 0.3 is 15.6 Å². The molecule has 0 aliphatic carbocycles. The maximum absolute atomic E-state index is 10.6. The summed E-state index contributed by atoms with van der Waals surface area (Å²) in [6.45, 7) is -1.08. The first-order valence-electron chi connectivity index (χ1n) is 4.22. The average Bonchev–Trinajstić information content (AvgIpc) is 2.19. The van der Waals surface area contributed by atoms with Crippen LogP contribution in [-0.2, 0) is 23.0 Å². The number of carbonyl (C=O) groups is 1. The maximum atomic E-state index is 10.6. The van der Waals surface area contributed by atoms with Gasteiger partial charge < -0.3 is 34.6 Å². The van der Waals surface area contributed by atoms with Crippen molar-refractivity contribution in [1.29, 1.82) is 0 Å². The topological polar surface area (TPSA) is 191 Å². The van der Waals surface area contributed by atoms with E-state index in [0.717, 1.165) is 0 Å². The minimum absolute atomic E-state index is 0.238. The van der Waals surface area contributed by atoms with Crippen molar-refractivity contribution >= 4 is 21.9 Å². The van der Waals surface area contributed by atoms with E-state index in [1.807, 2.05) is 0 Å². The van der Waals surface area contributed by atoms with Gasteiger partial charge in [-0.2, -0.15) is 0 Å². The van der Waals surface area contributed by atoms with Gasteiger partial charge in [-0.05, 0) is 0 Å². The fourth-order valence-electron chi connectivity index (χ4n) is 0.932. The van der Waals surface area contributed by atoms with E-state index in [2.05, 4.69) is 9.05 Å². The molecule has 13 heteroatoms. The quantitative estimate of drug-likeness (QED) is 0.205. The first kappa shape index (κ1) is 17.8. The summed E-state index contributed by atoms with van der Waals surface area (Å²) < 4.78 is 28.9. The second kappa shape index (κ2) is 6.83. The summed E-state index contributed by atoms with van der Waals surface area (Å²) in [7, 11) is -10.3. The molecule has 0 bridgehead atoms. The Balaban J connectivity index is 5.08. The van der Waals surface area contributed by atoms with Crippen molar-refractivity contribution < 1.29 is 52.8 Å². The molecule has 0 aromatic rings. The first-order chi connectivity index (χ1) is 8.00. The SMILES string of the molecule is O=C[C@@H](OP(=O)(O)O)[C@@H](OP(=O)(O)O)[C@H](O)CO. The normalized spacial score (nSPS) is 18.1. The van der Waals surface area contributed by atoms with Gasteiger partial charge in [0.25, 0.3) is 0 Å². The molecular formula is C5H12O11P2. The summed E-state index contributed by atoms with van der Waals surface area (Å²) in [5.41, 5.74) is 0. The Kier molecular flexibility index (Phi) is 6.75. The van der Waals surface area contributed by atoms with Gasteiger partial charge in [-0.25, -0.2) is 9.13 Å². The van der Waals surface area contributed by atoms with Crippen molar-refractivity contribution in [3.8, 4) is 0 Å². The van der Waals surface area contributed by atoms with Crippen LogP contribution in [0, 0.1) is 0 Å². The van der Waals surface area contributed by atoms with E-state index in [9.17, 15) is 13.9 Å². The van der Waals surface area contributed by atoms with Crippen LogP contribution in [0.1, 0.15) is 0 Å². The van der Waals surface area contributed by atoms with Crippen LogP contribution in [-0.4, -0.2) is 61.0 Å². The largest absolute Gasteiger partial charge is 0.470 e. The van der Waals surface area contributed by atoms with Gasteiger partial charge in [0.1, 0.15) is 12.2 Å². The zero-order valence-electron chi connectivity index (χ0n) is 8.64. The lowest BCUT2D eigenvalue weighted by Gasteiger charge is -2.26. The summed E-state index contributed by atoms with van der Waals surface area (Å²) in [5, 5.41) is 17.8. The van der Waals surface area contributed by atoms with Gasteiger partial charge in [-0.1, -0.05) is 0 Å². The molecule has 3 atom stereocenters. The summed E-state index contributed by atoms with van der Waals surface area (Å²) >= 11 is 0.